The Morgan fingerprint density at radius 3 is 2.65 bits per heavy atom. The lowest BCUT2D eigenvalue weighted by atomic mass is 10.0. The third-order valence-corrected chi connectivity index (χ3v) is 3.84. The van der Waals surface area contributed by atoms with Gasteiger partial charge in [-0.25, -0.2) is 8.78 Å². The van der Waals surface area contributed by atoms with Crippen LogP contribution in [0.2, 0.25) is 0 Å². The van der Waals surface area contributed by atoms with Gasteiger partial charge < -0.3 is 10.6 Å². The van der Waals surface area contributed by atoms with Crippen LogP contribution in [0.1, 0.15) is 30.9 Å². The topological polar surface area (TPSA) is 54.2 Å². The Morgan fingerprint density at radius 2 is 2.04 bits per heavy atom. The molecule has 1 unspecified atom stereocenters. The number of halogens is 3. The summed E-state index contributed by atoms with van der Waals surface area (Å²) in [6.07, 6.45) is 4.67. The van der Waals surface area contributed by atoms with Gasteiger partial charge in [-0.1, -0.05) is 13.0 Å². The van der Waals surface area contributed by atoms with E-state index in [0.717, 1.165) is 36.7 Å². The molecule has 0 aliphatic carbocycles. The number of nitrogens with one attached hydrogen (secondary N) is 2. The Kier molecular flexibility index (Phi) is 9.53. The summed E-state index contributed by atoms with van der Waals surface area (Å²) < 4.78 is 28.2. The molecule has 26 heavy (non-hydrogen) atoms. The molecule has 1 heterocycles. The predicted octanol–water partition coefficient (Wildman–Crippen LogP) is 3.22. The molecule has 0 spiro atoms. The molecule has 0 amide bonds. The number of aryl methyl sites for hydroxylation is 1. The number of guanidine groups is 1. The van der Waals surface area contributed by atoms with Crippen molar-refractivity contribution in [1.29, 1.82) is 0 Å². The van der Waals surface area contributed by atoms with Crippen LogP contribution in [0.15, 0.2) is 35.6 Å². The van der Waals surface area contributed by atoms with Crippen molar-refractivity contribution in [1.82, 2.24) is 20.4 Å². The summed E-state index contributed by atoms with van der Waals surface area (Å²) in [5.74, 6) is -0.954. The number of benzene rings is 1. The molecule has 0 saturated carbocycles. The van der Waals surface area contributed by atoms with Crippen molar-refractivity contribution in [3.8, 4) is 0 Å². The van der Waals surface area contributed by atoms with Crippen LogP contribution in [0.25, 0.3) is 0 Å². The predicted molar refractivity (Wildman–Crippen MR) is 111 cm³/mol. The van der Waals surface area contributed by atoms with E-state index in [9.17, 15) is 8.78 Å². The number of hydrogen-bond acceptors (Lipinski definition) is 2. The third-order valence-electron chi connectivity index (χ3n) is 3.84. The Balaban J connectivity index is 0.00000338. The zero-order valence-corrected chi connectivity index (χ0v) is 17.6. The molecule has 0 fully saturated rings. The van der Waals surface area contributed by atoms with Crippen molar-refractivity contribution in [2.45, 2.75) is 26.2 Å². The highest BCUT2D eigenvalue weighted by Crippen LogP contribution is 2.18. The molecular weight excluding hydrogens is 451 g/mol. The summed E-state index contributed by atoms with van der Waals surface area (Å²) >= 11 is 0. The second kappa shape index (κ2) is 11.1. The Hall–Kier alpha value is -1.71. The smallest absolute Gasteiger partial charge is 0.191 e. The first-order chi connectivity index (χ1) is 12.0. The zero-order chi connectivity index (χ0) is 18.2. The third kappa shape index (κ3) is 6.89. The summed E-state index contributed by atoms with van der Waals surface area (Å²) in [6.45, 7) is 5.90. The molecule has 2 rings (SSSR count). The van der Waals surface area contributed by atoms with E-state index in [1.165, 1.54) is 6.07 Å². The van der Waals surface area contributed by atoms with Gasteiger partial charge in [-0.2, -0.15) is 5.10 Å². The lowest BCUT2D eigenvalue weighted by molar-refractivity contribution is 0.505. The molecule has 0 radical (unpaired) electrons. The molecule has 144 valence electrons. The zero-order valence-electron chi connectivity index (χ0n) is 15.3. The average molecular weight is 477 g/mol. The van der Waals surface area contributed by atoms with E-state index in [4.69, 9.17) is 0 Å². The van der Waals surface area contributed by atoms with Crippen LogP contribution in [0.4, 0.5) is 8.78 Å². The van der Waals surface area contributed by atoms with Gasteiger partial charge in [0.1, 0.15) is 0 Å². The Labute approximate surface area is 170 Å². The van der Waals surface area contributed by atoms with Crippen molar-refractivity contribution in [2.24, 2.45) is 12.0 Å². The lowest BCUT2D eigenvalue weighted by Gasteiger charge is -2.14. The quantitative estimate of drug-likeness (QED) is 0.366. The van der Waals surface area contributed by atoms with Gasteiger partial charge in [-0.05, 0) is 36.6 Å². The van der Waals surface area contributed by atoms with Gasteiger partial charge in [0, 0.05) is 38.8 Å². The summed E-state index contributed by atoms with van der Waals surface area (Å²) in [5.41, 5.74) is 1.88. The maximum atomic E-state index is 13.3. The maximum absolute atomic E-state index is 13.3. The number of aromatic nitrogens is 2. The SMILES string of the molecule is CCNC(=NCC(C)c1ccc(F)c(F)c1)NCCc1cnn(C)c1.I. The van der Waals surface area contributed by atoms with Crippen LogP contribution in [0, 0.1) is 11.6 Å². The standard InChI is InChI=1S/C18H25F2N5.HI/c1-4-21-18(22-8-7-14-11-24-25(3)12-14)23-10-13(2)15-5-6-16(19)17(20)9-15;/h5-6,9,11-13H,4,7-8,10H2,1-3H3,(H2,21,22,23);1H. The van der Waals surface area contributed by atoms with Crippen molar-refractivity contribution < 1.29 is 8.78 Å². The normalized spacial score (nSPS) is 12.4. The average Bonchev–Trinajstić information content (AvgIpc) is 3.00. The lowest BCUT2D eigenvalue weighted by Crippen LogP contribution is -2.38. The van der Waals surface area contributed by atoms with E-state index in [-0.39, 0.29) is 29.9 Å². The molecule has 5 nitrogen and oxygen atoms in total. The fraction of sp³-hybridized carbons (Fsp3) is 0.444. The molecule has 0 aliphatic heterocycles. The molecule has 1 aromatic carbocycles. The van der Waals surface area contributed by atoms with Crippen LogP contribution in [0.3, 0.4) is 0 Å². The van der Waals surface area contributed by atoms with Crippen molar-refractivity contribution >= 4 is 29.9 Å². The number of aliphatic imine (C=N–C) groups is 1. The summed E-state index contributed by atoms with van der Waals surface area (Å²) in [5, 5.41) is 10.6. The first kappa shape index (κ1) is 22.3. The minimum absolute atomic E-state index is 0. The maximum Gasteiger partial charge on any atom is 0.191 e. The van der Waals surface area contributed by atoms with Crippen molar-refractivity contribution in [3.05, 3.63) is 53.4 Å². The summed E-state index contributed by atoms with van der Waals surface area (Å²) in [4.78, 5) is 4.54. The Morgan fingerprint density at radius 1 is 1.27 bits per heavy atom. The summed E-state index contributed by atoms with van der Waals surface area (Å²) in [7, 11) is 1.89. The minimum Gasteiger partial charge on any atom is -0.357 e. The van der Waals surface area contributed by atoms with Crippen LogP contribution >= 0.6 is 24.0 Å². The second-order valence-corrected chi connectivity index (χ2v) is 5.99. The van der Waals surface area contributed by atoms with Crippen molar-refractivity contribution in [3.63, 3.8) is 0 Å². The summed E-state index contributed by atoms with van der Waals surface area (Å²) in [6, 6.07) is 3.99. The first-order valence-corrected chi connectivity index (χ1v) is 8.44. The van der Waals surface area contributed by atoms with Crippen LogP contribution < -0.4 is 10.6 Å². The van der Waals surface area contributed by atoms with Crippen LogP contribution in [-0.2, 0) is 13.5 Å². The molecule has 0 aliphatic rings. The van der Waals surface area contributed by atoms with Crippen LogP contribution in [0.5, 0.6) is 0 Å². The van der Waals surface area contributed by atoms with Gasteiger partial charge in [-0.3, -0.25) is 9.67 Å². The number of rotatable bonds is 7. The highest BCUT2D eigenvalue weighted by Gasteiger charge is 2.09. The molecule has 2 aromatic rings. The monoisotopic (exact) mass is 477 g/mol. The molecule has 0 saturated heterocycles. The Bertz CT molecular complexity index is 717. The molecule has 2 N–H and O–H groups in total. The fourth-order valence-electron chi connectivity index (χ4n) is 2.42. The van der Waals surface area contributed by atoms with E-state index in [1.807, 2.05) is 33.3 Å². The van der Waals surface area contributed by atoms with E-state index < -0.39 is 11.6 Å². The number of hydrogen-bond donors (Lipinski definition) is 2. The number of nitrogens with zero attached hydrogens (tertiary/aromatic N) is 3. The van der Waals surface area contributed by atoms with Crippen molar-refractivity contribution in [2.75, 3.05) is 19.6 Å². The van der Waals surface area contributed by atoms with E-state index in [1.54, 1.807) is 10.7 Å². The highest BCUT2D eigenvalue weighted by atomic mass is 127. The second-order valence-electron chi connectivity index (χ2n) is 5.99. The highest BCUT2D eigenvalue weighted by molar-refractivity contribution is 14.0. The molecule has 8 heteroatoms. The van der Waals surface area contributed by atoms with E-state index in [2.05, 4.69) is 20.7 Å². The molecule has 0 bridgehead atoms. The van der Waals surface area contributed by atoms with Gasteiger partial charge in [0.05, 0.1) is 6.20 Å². The molecule has 1 atom stereocenters. The first-order valence-electron chi connectivity index (χ1n) is 8.44. The largest absolute Gasteiger partial charge is 0.357 e. The van der Waals surface area contributed by atoms with Gasteiger partial charge in [0.2, 0.25) is 0 Å². The van der Waals surface area contributed by atoms with Gasteiger partial charge >= 0.3 is 0 Å². The fourth-order valence-corrected chi connectivity index (χ4v) is 2.42. The molecule has 1 aromatic heterocycles. The van der Waals surface area contributed by atoms with Gasteiger partial charge in [-0.15, -0.1) is 24.0 Å². The molecular formula is C18H26F2IN5. The van der Waals surface area contributed by atoms with E-state index >= 15 is 0 Å². The van der Waals surface area contributed by atoms with Gasteiger partial charge in [0.15, 0.2) is 17.6 Å². The van der Waals surface area contributed by atoms with E-state index in [0.29, 0.717) is 12.5 Å². The van der Waals surface area contributed by atoms with Gasteiger partial charge in [0.25, 0.3) is 0 Å². The minimum atomic E-state index is -0.829. The van der Waals surface area contributed by atoms with Crippen LogP contribution in [-0.4, -0.2) is 35.4 Å².